The number of ether oxygens (including phenoxy) is 1. The van der Waals surface area contributed by atoms with Crippen LogP contribution in [0.4, 0.5) is 8.78 Å². The molecule has 3 rings (SSSR count). The number of benzene rings is 1. The lowest BCUT2D eigenvalue weighted by Crippen LogP contribution is -2.29. The van der Waals surface area contributed by atoms with Gasteiger partial charge in [0.1, 0.15) is 0 Å². The van der Waals surface area contributed by atoms with E-state index in [9.17, 15) is 8.78 Å². The second-order valence-corrected chi connectivity index (χ2v) is 4.41. The summed E-state index contributed by atoms with van der Waals surface area (Å²) in [6.07, 6.45) is 3.17. The van der Waals surface area contributed by atoms with Crippen LogP contribution in [0, 0.1) is 11.6 Å². The van der Waals surface area contributed by atoms with Crippen molar-refractivity contribution in [3.8, 4) is 5.75 Å². The third-order valence-corrected chi connectivity index (χ3v) is 3.12. The van der Waals surface area contributed by atoms with Gasteiger partial charge in [-0.2, -0.15) is 4.39 Å². The molecule has 1 fully saturated rings. The summed E-state index contributed by atoms with van der Waals surface area (Å²) in [4.78, 5) is 0. The number of rotatable bonds is 2. The standard InChI is InChI=1S/C12H13F2NO/c13-9-4-3-8-10(15-7-1-2-7)5-6-16-12(8)11(9)14/h3-4,7,10,15H,1-2,5-6H2. The van der Waals surface area contributed by atoms with Gasteiger partial charge in [-0.25, -0.2) is 4.39 Å². The largest absolute Gasteiger partial charge is 0.490 e. The Morgan fingerprint density at radius 2 is 2.00 bits per heavy atom. The molecule has 0 amide bonds. The van der Waals surface area contributed by atoms with Crippen LogP contribution in [0.15, 0.2) is 12.1 Å². The van der Waals surface area contributed by atoms with E-state index in [1.165, 1.54) is 18.9 Å². The zero-order valence-electron chi connectivity index (χ0n) is 8.80. The van der Waals surface area contributed by atoms with E-state index in [2.05, 4.69) is 5.32 Å². The van der Waals surface area contributed by atoms with Crippen molar-refractivity contribution in [2.45, 2.75) is 31.3 Å². The van der Waals surface area contributed by atoms with Crippen molar-refractivity contribution in [2.75, 3.05) is 6.61 Å². The van der Waals surface area contributed by atoms with Gasteiger partial charge in [0, 0.05) is 24.1 Å². The lowest BCUT2D eigenvalue weighted by Gasteiger charge is -2.27. The molecule has 1 aliphatic carbocycles. The molecule has 1 atom stereocenters. The maximum Gasteiger partial charge on any atom is 0.200 e. The lowest BCUT2D eigenvalue weighted by atomic mass is 10.00. The van der Waals surface area contributed by atoms with Crippen LogP contribution in [0.1, 0.15) is 30.9 Å². The molecule has 0 spiro atoms. The highest BCUT2D eigenvalue weighted by Crippen LogP contribution is 2.37. The van der Waals surface area contributed by atoms with Crippen molar-refractivity contribution in [2.24, 2.45) is 0 Å². The fourth-order valence-electron chi connectivity index (χ4n) is 2.11. The van der Waals surface area contributed by atoms with Crippen LogP contribution in [0.25, 0.3) is 0 Å². The van der Waals surface area contributed by atoms with Crippen molar-refractivity contribution in [3.63, 3.8) is 0 Å². The van der Waals surface area contributed by atoms with E-state index in [1.54, 1.807) is 6.07 Å². The third-order valence-electron chi connectivity index (χ3n) is 3.12. The highest BCUT2D eigenvalue weighted by molar-refractivity contribution is 5.39. The molecule has 0 bridgehead atoms. The quantitative estimate of drug-likeness (QED) is 0.835. The summed E-state index contributed by atoms with van der Waals surface area (Å²) < 4.78 is 31.7. The molecule has 0 aromatic heterocycles. The van der Waals surface area contributed by atoms with Gasteiger partial charge in [-0.05, 0) is 18.9 Å². The van der Waals surface area contributed by atoms with E-state index in [0.717, 1.165) is 12.0 Å². The minimum atomic E-state index is -0.861. The van der Waals surface area contributed by atoms with E-state index in [1.807, 2.05) is 0 Å². The van der Waals surface area contributed by atoms with Crippen LogP contribution < -0.4 is 10.1 Å². The lowest BCUT2D eigenvalue weighted by molar-refractivity contribution is 0.236. The van der Waals surface area contributed by atoms with Gasteiger partial charge in [0.15, 0.2) is 11.6 Å². The van der Waals surface area contributed by atoms with Crippen molar-refractivity contribution in [1.82, 2.24) is 5.32 Å². The summed E-state index contributed by atoms with van der Waals surface area (Å²) in [5.74, 6) is -1.62. The van der Waals surface area contributed by atoms with Gasteiger partial charge in [0.2, 0.25) is 5.82 Å². The van der Waals surface area contributed by atoms with E-state index < -0.39 is 11.6 Å². The Morgan fingerprint density at radius 3 is 2.75 bits per heavy atom. The molecule has 86 valence electrons. The van der Waals surface area contributed by atoms with Crippen LogP contribution in [0.5, 0.6) is 5.75 Å². The first-order valence-corrected chi connectivity index (χ1v) is 5.62. The van der Waals surface area contributed by atoms with E-state index in [0.29, 0.717) is 12.6 Å². The summed E-state index contributed by atoms with van der Waals surface area (Å²) in [6.45, 7) is 0.442. The van der Waals surface area contributed by atoms with Gasteiger partial charge >= 0.3 is 0 Å². The summed E-state index contributed by atoms with van der Waals surface area (Å²) in [5, 5.41) is 3.43. The van der Waals surface area contributed by atoms with Crippen molar-refractivity contribution < 1.29 is 13.5 Å². The average molecular weight is 225 g/mol. The fourth-order valence-corrected chi connectivity index (χ4v) is 2.11. The van der Waals surface area contributed by atoms with Gasteiger partial charge in [0.05, 0.1) is 6.61 Å². The van der Waals surface area contributed by atoms with Gasteiger partial charge in [-0.3, -0.25) is 0 Å². The number of fused-ring (bicyclic) bond motifs is 1. The molecule has 2 nitrogen and oxygen atoms in total. The summed E-state index contributed by atoms with van der Waals surface area (Å²) in [5.41, 5.74) is 0.747. The Hall–Kier alpha value is -1.16. The zero-order valence-corrected chi connectivity index (χ0v) is 8.80. The molecule has 1 unspecified atom stereocenters. The van der Waals surface area contributed by atoms with Crippen LogP contribution >= 0.6 is 0 Å². The first-order valence-electron chi connectivity index (χ1n) is 5.62. The monoisotopic (exact) mass is 225 g/mol. The molecule has 16 heavy (non-hydrogen) atoms. The van der Waals surface area contributed by atoms with Crippen LogP contribution in [0.3, 0.4) is 0 Å². The predicted octanol–water partition coefficient (Wildman–Crippen LogP) is 2.54. The molecular weight excluding hydrogens is 212 g/mol. The Bertz CT molecular complexity index is 418. The summed E-state index contributed by atoms with van der Waals surface area (Å²) in [7, 11) is 0. The molecule has 1 heterocycles. The van der Waals surface area contributed by atoms with Gasteiger partial charge in [-0.15, -0.1) is 0 Å². The predicted molar refractivity (Wildman–Crippen MR) is 55.4 cm³/mol. The van der Waals surface area contributed by atoms with Crippen molar-refractivity contribution in [3.05, 3.63) is 29.3 Å². The maximum atomic E-state index is 13.5. The van der Waals surface area contributed by atoms with Crippen LogP contribution in [0.2, 0.25) is 0 Å². The Labute approximate surface area is 92.6 Å². The number of hydrogen-bond donors (Lipinski definition) is 1. The highest BCUT2D eigenvalue weighted by Gasteiger charge is 2.30. The summed E-state index contributed by atoms with van der Waals surface area (Å²) in [6, 6.07) is 3.44. The van der Waals surface area contributed by atoms with Gasteiger partial charge in [-0.1, -0.05) is 6.07 Å². The molecule has 2 aliphatic rings. The average Bonchev–Trinajstić information content (AvgIpc) is 3.08. The van der Waals surface area contributed by atoms with Crippen molar-refractivity contribution in [1.29, 1.82) is 0 Å². The Balaban J connectivity index is 1.94. The Kier molecular flexibility index (Phi) is 2.32. The molecule has 1 aromatic rings. The minimum absolute atomic E-state index is 0.0874. The fraction of sp³-hybridized carbons (Fsp3) is 0.500. The minimum Gasteiger partial charge on any atom is -0.490 e. The number of halogens is 2. The zero-order chi connectivity index (χ0) is 11.1. The molecule has 1 N–H and O–H groups in total. The molecule has 0 saturated heterocycles. The third kappa shape index (κ3) is 1.67. The van der Waals surface area contributed by atoms with Gasteiger partial charge < -0.3 is 10.1 Å². The molecule has 0 radical (unpaired) electrons. The smallest absolute Gasteiger partial charge is 0.200 e. The molecule has 1 aromatic carbocycles. The first-order chi connectivity index (χ1) is 7.75. The second kappa shape index (κ2) is 3.70. The number of nitrogens with one attached hydrogen (secondary N) is 1. The van der Waals surface area contributed by atoms with Crippen LogP contribution in [-0.4, -0.2) is 12.6 Å². The topological polar surface area (TPSA) is 21.3 Å². The molecular formula is C12H13F2NO. The Morgan fingerprint density at radius 1 is 1.19 bits per heavy atom. The van der Waals surface area contributed by atoms with E-state index in [4.69, 9.17) is 4.74 Å². The second-order valence-electron chi connectivity index (χ2n) is 4.41. The normalized spacial score (nSPS) is 23.8. The van der Waals surface area contributed by atoms with Crippen molar-refractivity contribution >= 4 is 0 Å². The SMILES string of the molecule is Fc1ccc2c(c1F)OCCC2NC1CC1. The number of hydrogen-bond acceptors (Lipinski definition) is 2. The molecule has 4 heteroatoms. The van der Waals surface area contributed by atoms with Gasteiger partial charge in [0.25, 0.3) is 0 Å². The van der Waals surface area contributed by atoms with E-state index in [-0.39, 0.29) is 11.8 Å². The molecule has 1 aliphatic heterocycles. The maximum absolute atomic E-state index is 13.5. The van der Waals surface area contributed by atoms with Crippen LogP contribution in [-0.2, 0) is 0 Å². The first kappa shape index (κ1) is 10.0. The highest BCUT2D eigenvalue weighted by atomic mass is 19.2. The van der Waals surface area contributed by atoms with E-state index >= 15 is 0 Å². The molecule has 1 saturated carbocycles. The summed E-state index contributed by atoms with van der Waals surface area (Å²) >= 11 is 0.